The predicted octanol–water partition coefficient (Wildman–Crippen LogP) is 4.56. The van der Waals surface area contributed by atoms with E-state index in [1.54, 1.807) is 17.6 Å². The van der Waals surface area contributed by atoms with E-state index >= 15 is 0 Å². The molecule has 1 aromatic heterocycles. The fourth-order valence-electron chi connectivity index (χ4n) is 2.89. The van der Waals surface area contributed by atoms with Gasteiger partial charge in [0, 0.05) is 29.4 Å². The van der Waals surface area contributed by atoms with Gasteiger partial charge in [0.1, 0.15) is 6.61 Å². The third-order valence-electron chi connectivity index (χ3n) is 4.03. The van der Waals surface area contributed by atoms with Crippen LogP contribution in [0.4, 0.5) is 0 Å². The summed E-state index contributed by atoms with van der Waals surface area (Å²) >= 11 is 6.20. The molecule has 5 heteroatoms. The van der Waals surface area contributed by atoms with Crippen LogP contribution in [0.1, 0.15) is 11.7 Å². The first kappa shape index (κ1) is 17.5. The topological polar surface area (TPSA) is 34.5 Å². The first-order chi connectivity index (χ1) is 12.0. The number of carbonyl (C=O) groups is 1. The largest absolute Gasteiger partial charge is 0.489 e. The van der Waals surface area contributed by atoms with Gasteiger partial charge in [0.05, 0.1) is 11.2 Å². The molecule has 1 heterocycles. The molecule has 0 atom stereocenters. The maximum absolute atomic E-state index is 12.4. The second-order valence-corrected chi connectivity index (χ2v) is 6.65. The van der Waals surface area contributed by atoms with Crippen LogP contribution in [0.3, 0.4) is 0 Å². The van der Waals surface area contributed by atoms with Crippen LogP contribution < -0.4 is 4.74 Å². The number of likely N-dealkylation sites (N-methyl/N-ethyl adjacent to an activating group) is 1. The smallest absolute Gasteiger partial charge is 0.228 e. The summed E-state index contributed by atoms with van der Waals surface area (Å²) in [6.07, 6.45) is 0. The second kappa shape index (κ2) is 7.30. The zero-order chi connectivity index (χ0) is 18.0. The van der Waals surface area contributed by atoms with Gasteiger partial charge in [-0.15, -0.1) is 0 Å². The minimum Gasteiger partial charge on any atom is -0.489 e. The lowest BCUT2D eigenvalue weighted by molar-refractivity contribution is 0.0943. The van der Waals surface area contributed by atoms with Gasteiger partial charge in [0.2, 0.25) is 5.91 Å². The van der Waals surface area contributed by atoms with Crippen LogP contribution in [0.25, 0.3) is 22.2 Å². The second-order valence-electron chi connectivity index (χ2n) is 6.21. The molecule has 0 unspecified atom stereocenters. The van der Waals surface area contributed by atoms with Gasteiger partial charge in [0.15, 0.2) is 5.75 Å². The SMILES string of the molecule is CC(=O)n1c(-c2ccccc2)c(OCCN(C)C)c2cc(Cl)ccc21. The van der Waals surface area contributed by atoms with Crippen LogP contribution in [0.5, 0.6) is 5.75 Å². The van der Waals surface area contributed by atoms with Crippen molar-refractivity contribution in [3.63, 3.8) is 0 Å². The van der Waals surface area contributed by atoms with Crippen molar-refractivity contribution in [3.05, 3.63) is 53.6 Å². The molecule has 0 N–H and O–H groups in total. The number of nitrogens with zero attached hydrogens (tertiary/aromatic N) is 2. The Bertz CT molecular complexity index is 901. The number of hydrogen-bond acceptors (Lipinski definition) is 3. The van der Waals surface area contributed by atoms with Gasteiger partial charge < -0.3 is 9.64 Å². The van der Waals surface area contributed by atoms with Crippen LogP contribution in [0, 0.1) is 0 Å². The van der Waals surface area contributed by atoms with E-state index in [2.05, 4.69) is 4.90 Å². The third kappa shape index (κ3) is 3.55. The van der Waals surface area contributed by atoms with Crippen molar-refractivity contribution in [2.24, 2.45) is 0 Å². The normalized spacial score (nSPS) is 11.2. The van der Waals surface area contributed by atoms with Gasteiger partial charge in [-0.1, -0.05) is 41.9 Å². The molecule has 4 nitrogen and oxygen atoms in total. The fraction of sp³-hybridized carbons (Fsp3) is 0.250. The highest BCUT2D eigenvalue weighted by Gasteiger charge is 2.22. The van der Waals surface area contributed by atoms with Gasteiger partial charge in [-0.05, 0) is 32.3 Å². The van der Waals surface area contributed by atoms with E-state index in [4.69, 9.17) is 16.3 Å². The summed E-state index contributed by atoms with van der Waals surface area (Å²) in [6, 6.07) is 15.3. The number of benzene rings is 2. The maximum atomic E-state index is 12.4. The molecule has 3 aromatic rings. The minimum absolute atomic E-state index is 0.0614. The van der Waals surface area contributed by atoms with Crippen LogP contribution in [0.15, 0.2) is 48.5 Å². The van der Waals surface area contributed by atoms with Crippen molar-refractivity contribution >= 4 is 28.4 Å². The van der Waals surface area contributed by atoms with E-state index in [0.29, 0.717) is 17.4 Å². The summed E-state index contributed by atoms with van der Waals surface area (Å²) in [5.41, 5.74) is 2.50. The molecule has 0 amide bonds. The summed E-state index contributed by atoms with van der Waals surface area (Å²) < 4.78 is 7.83. The van der Waals surface area contributed by atoms with Gasteiger partial charge in [-0.2, -0.15) is 0 Å². The monoisotopic (exact) mass is 356 g/mol. The number of halogens is 1. The zero-order valence-corrected chi connectivity index (χ0v) is 15.4. The quantitative estimate of drug-likeness (QED) is 0.672. The van der Waals surface area contributed by atoms with Crippen molar-refractivity contribution in [2.75, 3.05) is 27.2 Å². The van der Waals surface area contributed by atoms with Crippen LogP contribution in [-0.4, -0.2) is 42.6 Å². The molecule has 25 heavy (non-hydrogen) atoms. The zero-order valence-electron chi connectivity index (χ0n) is 14.6. The van der Waals surface area contributed by atoms with E-state index in [9.17, 15) is 4.79 Å². The van der Waals surface area contributed by atoms with Gasteiger partial charge in [0.25, 0.3) is 0 Å². The molecule has 2 aromatic carbocycles. The lowest BCUT2D eigenvalue weighted by atomic mass is 10.1. The van der Waals surface area contributed by atoms with E-state index in [0.717, 1.165) is 28.7 Å². The minimum atomic E-state index is -0.0614. The standard InChI is InChI=1S/C20H21ClN2O2/c1-14(24)23-18-10-9-16(21)13-17(18)20(25-12-11-22(2)3)19(23)15-7-5-4-6-8-15/h4-10,13H,11-12H2,1-3H3. The van der Waals surface area contributed by atoms with Crippen molar-refractivity contribution in [1.82, 2.24) is 9.47 Å². The lowest BCUT2D eigenvalue weighted by Crippen LogP contribution is -2.19. The van der Waals surface area contributed by atoms with Crippen molar-refractivity contribution in [1.29, 1.82) is 0 Å². The van der Waals surface area contributed by atoms with Crippen molar-refractivity contribution in [3.8, 4) is 17.0 Å². The highest BCUT2D eigenvalue weighted by atomic mass is 35.5. The third-order valence-corrected chi connectivity index (χ3v) is 4.26. The van der Waals surface area contributed by atoms with Crippen molar-refractivity contribution in [2.45, 2.75) is 6.92 Å². The maximum Gasteiger partial charge on any atom is 0.228 e. The Hall–Kier alpha value is -2.30. The molecular formula is C20H21ClN2O2. The highest BCUT2D eigenvalue weighted by molar-refractivity contribution is 6.31. The number of aromatic nitrogens is 1. The van der Waals surface area contributed by atoms with Crippen LogP contribution >= 0.6 is 11.6 Å². The molecular weight excluding hydrogens is 336 g/mol. The van der Waals surface area contributed by atoms with E-state index in [-0.39, 0.29) is 5.91 Å². The Morgan fingerprint density at radius 2 is 1.88 bits per heavy atom. The summed E-state index contributed by atoms with van der Waals surface area (Å²) in [5.74, 6) is 0.634. The van der Waals surface area contributed by atoms with E-state index in [1.165, 1.54) is 0 Å². The van der Waals surface area contributed by atoms with Crippen LogP contribution in [0.2, 0.25) is 5.02 Å². The summed E-state index contributed by atoms with van der Waals surface area (Å²) in [7, 11) is 3.99. The molecule has 0 fully saturated rings. The predicted molar refractivity (Wildman–Crippen MR) is 103 cm³/mol. The number of rotatable bonds is 5. The number of hydrogen-bond donors (Lipinski definition) is 0. The molecule has 0 radical (unpaired) electrons. The Morgan fingerprint density at radius 1 is 1.16 bits per heavy atom. The Labute approximate surface area is 152 Å². The number of ether oxygens (including phenoxy) is 1. The fourth-order valence-corrected chi connectivity index (χ4v) is 3.07. The highest BCUT2D eigenvalue weighted by Crippen LogP contribution is 2.41. The van der Waals surface area contributed by atoms with E-state index < -0.39 is 0 Å². The Balaban J connectivity index is 2.25. The first-order valence-corrected chi connectivity index (χ1v) is 8.54. The summed E-state index contributed by atoms with van der Waals surface area (Å²) in [6.45, 7) is 2.86. The number of carbonyl (C=O) groups excluding carboxylic acids is 1. The van der Waals surface area contributed by atoms with E-state index in [1.807, 2.05) is 56.6 Å². The van der Waals surface area contributed by atoms with Crippen molar-refractivity contribution < 1.29 is 9.53 Å². The average molecular weight is 357 g/mol. The average Bonchev–Trinajstić information content (AvgIpc) is 2.89. The lowest BCUT2D eigenvalue weighted by Gasteiger charge is -2.13. The van der Waals surface area contributed by atoms with Gasteiger partial charge in [-0.3, -0.25) is 9.36 Å². The summed E-state index contributed by atoms with van der Waals surface area (Å²) in [4.78, 5) is 14.5. The first-order valence-electron chi connectivity index (χ1n) is 8.17. The molecule has 0 saturated heterocycles. The Morgan fingerprint density at radius 3 is 2.52 bits per heavy atom. The van der Waals surface area contributed by atoms with Crippen LogP contribution in [-0.2, 0) is 0 Å². The molecule has 130 valence electrons. The van der Waals surface area contributed by atoms with Gasteiger partial charge >= 0.3 is 0 Å². The molecule has 0 aliphatic heterocycles. The number of fused-ring (bicyclic) bond motifs is 1. The molecule has 0 spiro atoms. The summed E-state index contributed by atoms with van der Waals surface area (Å²) in [5, 5.41) is 1.46. The molecule has 0 saturated carbocycles. The van der Waals surface area contributed by atoms with Gasteiger partial charge in [-0.25, -0.2) is 0 Å². The molecule has 0 bridgehead atoms. The molecule has 3 rings (SSSR count). The molecule has 0 aliphatic carbocycles. The Kier molecular flexibility index (Phi) is 5.11. The molecule has 0 aliphatic rings.